The van der Waals surface area contributed by atoms with Gasteiger partial charge in [-0.15, -0.1) is 0 Å². The van der Waals surface area contributed by atoms with E-state index >= 15 is 0 Å². The van der Waals surface area contributed by atoms with Crippen molar-refractivity contribution in [3.8, 4) is 33.9 Å². The van der Waals surface area contributed by atoms with Crippen molar-refractivity contribution in [2.24, 2.45) is 0 Å². The van der Waals surface area contributed by atoms with Gasteiger partial charge >= 0.3 is 0 Å². The fourth-order valence-corrected chi connectivity index (χ4v) is 3.11. The highest BCUT2D eigenvalue weighted by atomic mass is 14.9. The van der Waals surface area contributed by atoms with Crippen LogP contribution >= 0.6 is 0 Å². The maximum Gasteiger partial charge on any atom is 0.138 e. The topological polar surface area (TPSA) is 70.2 Å². The Morgan fingerprint density at radius 2 is 1.65 bits per heavy atom. The van der Waals surface area contributed by atoms with E-state index < -0.39 is 0 Å². The van der Waals surface area contributed by atoms with Crippen LogP contribution in [-0.4, -0.2) is 24.9 Å². The number of H-pyrrole nitrogens is 2. The molecule has 0 saturated carbocycles. The highest BCUT2D eigenvalue weighted by Crippen LogP contribution is 2.33. The van der Waals surface area contributed by atoms with Gasteiger partial charge < -0.3 is 9.97 Å². The smallest absolute Gasteiger partial charge is 0.138 e. The number of hydrogen-bond donors (Lipinski definition) is 2. The van der Waals surface area contributed by atoms with E-state index in [4.69, 9.17) is 4.98 Å². The first-order valence-corrected chi connectivity index (χ1v) is 8.38. The van der Waals surface area contributed by atoms with Crippen LogP contribution in [0.1, 0.15) is 0 Å². The Labute approximate surface area is 149 Å². The van der Waals surface area contributed by atoms with Crippen LogP contribution in [0.5, 0.6) is 0 Å². The molecule has 26 heavy (non-hydrogen) atoms. The number of hydrogen-bond acceptors (Lipinski definition) is 3. The lowest BCUT2D eigenvalue weighted by molar-refractivity contribution is 1.29. The summed E-state index contributed by atoms with van der Waals surface area (Å²) >= 11 is 0. The molecule has 0 atom stereocenters. The maximum absolute atomic E-state index is 4.89. The number of fused-ring (bicyclic) bond motifs is 1. The van der Waals surface area contributed by atoms with Crippen molar-refractivity contribution >= 4 is 11.0 Å². The van der Waals surface area contributed by atoms with E-state index in [0.29, 0.717) is 0 Å². The van der Waals surface area contributed by atoms with Gasteiger partial charge in [0.1, 0.15) is 11.5 Å². The van der Waals surface area contributed by atoms with Gasteiger partial charge in [-0.2, -0.15) is 0 Å². The van der Waals surface area contributed by atoms with Gasteiger partial charge in [-0.05, 0) is 24.3 Å². The third-order valence-electron chi connectivity index (χ3n) is 4.39. The second kappa shape index (κ2) is 5.97. The summed E-state index contributed by atoms with van der Waals surface area (Å²) in [4.78, 5) is 20.1. The van der Waals surface area contributed by atoms with Crippen LogP contribution in [0.25, 0.3) is 44.9 Å². The van der Waals surface area contributed by atoms with E-state index in [1.54, 1.807) is 12.4 Å². The maximum atomic E-state index is 4.89. The van der Waals surface area contributed by atoms with Crippen LogP contribution in [0, 0.1) is 0 Å². The van der Waals surface area contributed by atoms with Crippen molar-refractivity contribution in [3.05, 3.63) is 79.4 Å². The quantitative estimate of drug-likeness (QED) is 0.502. The predicted molar refractivity (Wildman–Crippen MR) is 102 cm³/mol. The Hall–Kier alpha value is -3.73. The van der Waals surface area contributed by atoms with Gasteiger partial charge in [-0.3, -0.25) is 4.98 Å². The van der Waals surface area contributed by atoms with Gasteiger partial charge in [0.15, 0.2) is 0 Å². The van der Waals surface area contributed by atoms with E-state index in [1.165, 1.54) is 0 Å². The number of nitrogens with one attached hydrogen (secondary N) is 2. The molecule has 0 unspecified atom stereocenters. The Bertz CT molecular complexity index is 1170. The lowest BCUT2D eigenvalue weighted by atomic mass is 10.1. The summed E-state index contributed by atoms with van der Waals surface area (Å²) in [6.45, 7) is 0. The Morgan fingerprint density at radius 3 is 2.50 bits per heavy atom. The standard InChI is InChI=1S/C21H15N5/c1-2-4-15(5-3-1)21-25-18(14-6-9-22-10-7-14)19(26-21)17-12-16-8-11-23-20(16)24-13-17/h1-13H,(H,23,24)(H,25,26). The molecule has 0 aliphatic carbocycles. The molecule has 1 aromatic carbocycles. The van der Waals surface area contributed by atoms with E-state index in [0.717, 1.165) is 44.9 Å². The molecule has 5 heteroatoms. The normalized spacial score (nSPS) is 11.1. The summed E-state index contributed by atoms with van der Waals surface area (Å²) in [6.07, 6.45) is 7.32. The number of imidazole rings is 1. The van der Waals surface area contributed by atoms with Crippen molar-refractivity contribution in [1.82, 2.24) is 24.9 Å². The number of aromatic nitrogens is 5. The number of nitrogens with zero attached hydrogens (tertiary/aromatic N) is 3. The second-order valence-electron chi connectivity index (χ2n) is 6.05. The summed E-state index contributed by atoms with van der Waals surface area (Å²) < 4.78 is 0. The second-order valence-corrected chi connectivity index (χ2v) is 6.05. The fourth-order valence-electron chi connectivity index (χ4n) is 3.11. The molecule has 5 rings (SSSR count). The summed E-state index contributed by atoms with van der Waals surface area (Å²) in [5.41, 5.74) is 5.78. The zero-order chi connectivity index (χ0) is 17.3. The monoisotopic (exact) mass is 337 g/mol. The molecule has 0 radical (unpaired) electrons. The third-order valence-corrected chi connectivity index (χ3v) is 4.39. The van der Waals surface area contributed by atoms with Gasteiger partial charge in [-0.25, -0.2) is 9.97 Å². The highest BCUT2D eigenvalue weighted by Gasteiger charge is 2.16. The van der Waals surface area contributed by atoms with E-state index in [-0.39, 0.29) is 0 Å². The fraction of sp³-hybridized carbons (Fsp3) is 0. The van der Waals surface area contributed by atoms with Crippen molar-refractivity contribution in [2.45, 2.75) is 0 Å². The molecule has 0 saturated heterocycles. The molecule has 2 N–H and O–H groups in total. The molecule has 0 spiro atoms. The first-order chi connectivity index (χ1) is 12.9. The van der Waals surface area contributed by atoms with Gasteiger partial charge in [0.05, 0.1) is 11.4 Å². The first-order valence-electron chi connectivity index (χ1n) is 8.38. The molecule has 0 bridgehead atoms. The van der Waals surface area contributed by atoms with Crippen LogP contribution < -0.4 is 0 Å². The van der Waals surface area contributed by atoms with Gasteiger partial charge in [0.25, 0.3) is 0 Å². The minimum atomic E-state index is 0.835. The molecule has 5 nitrogen and oxygen atoms in total. The minimum absolute atomic E-state index is 0.835. The van der Waals surface area contributed by atoms with Crippen molar-refractivity contribution in [2.75, 3.05) is 0 Å². The van der Waals surface area contributed by atoms with E-state index in [9.17, 15) is 0 Å². The van der Waals surface area contributed by atoms with Crippen molar-refractivity contribution < 1.29 is 0 Å². The van der Waals surface area contributed by atoms with Gasteiger partial charge in [-0.1, -0.05) is 30.3 Å². The zero-order valence-electron chi connectivity index (χ0n) is 13.8. The average Bonchev–Trinajstić information content (AvgIpc) is 3.36. The predicted octanol–water partition coefficient (Wildman–Crippen LogP) is 4.68. The van der Waals surface area contributed by atoms with E-state index in [2.05, 4.69) is 26.0 Å². The molecule has 4 heterocycles. The van der Waals surface area contributed by atoms with Crippen molar-refractivity contribution in [3.63, 3.8) is 0 Å². The number of rotatable bonds is 3. The van der Waals surface area contributed by atoms with Crippen LogP contribution in [-0.2, 0) is 0 Å². The van der Waals surface area contributed by atoms with Crippen LogP contribution in [0.2, 0.25) is 0 Å². The van der Waals surface area contributed by atoms with Crippen LogP contribution in [0.15, 0.2) is 79.4 Å². The van der Waals surface area contributed by atoms with Gasteiger partial charge in [0, 0.05) is 46.9 Å². The Kier molecular flexibility index (Phi) is 3.35. The highest BCUT2D eigenvalue weighted by molar-refractivity contribution is 5.86. The zero-order valence-corrected chi connectivity index (χ0v) is 13.8. The number of aromatic amines is 2. The summed E-state index contributed by atoms with van der Waals surface area (Å²) in [7, 11) is 0. The van der Waals surface area contributed by atoms with Crippen molar-refractivity contribution in [1.29, 1.82) is 0 Å². The molecule has 0 aliphatic heterocycles. The first kappa shape index (κ1) is 14.6. The molecule has 5 aromatic rings. The number of benzene rings is 1. The summed E-state index contributed by atoms with van der Waals surface area (Å²) in [5.74, 6) is 0.835. The van der Waals surface area contributed by atoms with Crippen LogP contribution in [0.3, 0.4) is 0 Å². The molecule has 0 amide bonds. The molecule has 0 aliphatic rings. The summed E-state index contributed by atoms with van der Waals surface area (Å²) in [6, 6.07) is 18.2. The molecule has 4 aromatic heterocycles. The van der Waals surface area contributed by atoms with E-state index in [1.807, 2.05) is 60.9 Å². The lowest BCUT2D eigenvalue weighted by Gasteiger charge is -2.03. The number of pyridine rings is 2. The minimum Gasteiger partial charge on any atom is -0.346 e. The molecular weight excluding hydrogens is 322 g/mol. The Morgan fingerprint density at radius 1 is 0.808 bits per heavy atom. The third kappa shape index (κ3) is 2.46. The molecule has 124 valence electrons. The molecule has 0 fully saturated rings. The SMILES string of the molecule is c1ccc(-c2nc(-c3cnc4[nH]ccc4c3)c(-c3ccncc3)[nH]2)cc1. The van der Waals surface area contributed by atoms with Gasteiger partial charge in [0.2, 0.25) is 0 Å². The Balaban J connectivity index is 1.73. The van der Waals surface area contributed by atoms with Crippen LogP contribution in [0.4, 0.5) is 0 Å². The largest absolute Gasteiger partial charge is 0.346 e. The molecular formula is C21H15N5. The lowest BCUT2D eigenvalue weighted by Crippen LogP contribution is -1.86. The average molecular weight is 337 g/mol. The summed E-state index contributed by atoms with van der Waals surface area (Å²) in [5, 5.41) is 1.06.